The maximum Gasteiger partial charge on any atom is 0.225 e. The highest BCUT2D eigenvalue weighted by Crippen LogP contribution is 2.22. The Bertz CT molecular complexity index is 589. The highest BCUT2D eigenvalue weighted by atomic mass is 16.5. The minimum absolute atomic E-state index is 0.198. The predicted octanol–water partition coefficient (Wildman–Crippen LogP) is 1.04. The van der Waals surface area contributed by atoms with E-state index in [-0.39, 0.29) is 12.3 Å². The fraction of sp³-hybridized carbons (Fsp3) is 0.412. The van der Waals surface area contributed by atoms with Crippen LogP contribution in [0.2, 0.25) is 0 Å². The summed E-state index contributed by atoms with van der Waals surface area (Å²) >= 11 is 0. The number of benzene rings is 1. The molecule has 2 rings (SSSR count). The van der Waals surface area contributed by atoms with Crippen LogP contribution in [-0.2, 0) is 14.3 Å². The molecule has 1 aromatic carbocycles. The van der Waals surface area contributed by atoms with Crippen LogP contribution in [0.4, 0.5) is 0 Å². The zero-order valence-corrected chi connectivity index (χ0v) is 12.8. The number of nitrogens with one attached hydrogen (secondary N) is 1. The summed E-state index contributed by atoms with van der Waals surface area (Å²) in [5, 5.41) is 12.1. The van der Waals surface area contributed by atoms with Crippen molar-refractivity contribution in [1.29, 1.82) is 5.26 Å². The molecule has 0 aromatic heterocycles. The van der Waals surface area contributed by atoms with Crippen LogP contribution in [0.15, 0.2) is 30.3 Å². The molecule has 1 aromatic rings. The molecule has 1 fully saturated rings. The van der Waals surface area contributed by atoms with Gasteiger partial charge in [0.25, 0.3) is 0 Å². The van der Waals surface area contributed by atoms with E-state index in [0.717, 1.165) is 5.56 Å². The quantitative estimate of drug-likeness (QED) is 0.818. The molecule has 1 atom stereocenters. The lowest BCUT2D eigenvalue weighted by atomic mass is 9.90. The van der Waals surface area contributed by atoms with Gasteiger partial charge in [-0.1, -0.05) is 30.3 Å². The van der Waals surface area contributed by atoms with Gasteiger partial charge in [0.15, 0.2) is 0 Å². The maximum atomic E-state index is 12.1. The van der Waals surface area contributed by atoms with Crippen molar-refractivity contribution >= 4 is 11.8 Å². The second-order valence-electron chi connectivity index (χ2n) is 5.60. The van der Waals surface area contributed by atoms with Gasteiger partial charge in [-0.25, -0.2) is 0 Å². The number of hydrogen-bond acceptors (Lipinski definition) is 4. The molecule has 121 valence electrons. The van der Waals surface area contributed by atoms with E-state index in [1.807, 2.05) is 18.2 Å². The van der Waals surface area contributed by atoms with Gasteiger partial charge in [0.2, 0.25) is 11.8 Å². The van der Waals surface area contributed by atoms with Crippen LogP contribution in [-0.4, -0.2) is 30.6 Å². The van der Waals surface area contributed by atoms with E-state index in [4.69, 9.17) is 10.5 Å². The molecule has 1 heterocycles. The second kappa shape index (κ2) is 7.75. The van der Waals surface area contributed by atoms with E-state index in [9.17, 15) is 14.9 Å². The standard InChI is InChI=1S/C17H20N3O3/c18-12-17(8-10-23-11-9-17)20-15(21)7-6-14(16(19)22)13-4-2-1-3-5-13/h1-5,7,14H,6,8-11H2,(H2,19,22)(H,20,21)/t14-/m0/s1. The SMILES string of the molecule is N#CC1(NC(=O)[CH]C[C@H](C(N)=O)c2ccccc2)CCOCC1. The zero-order valence-electron chi connectivity index (χ0n) is 12.8. The minimum Gasteiger partial charge on any atom is -0.381 e. The molecule has 0 unspecified atom stereocenters. The first-order valence-corrected chi connectivity index (χ1v) is 7.55. The third-order valence-electron chi connectivity index (χ3n) is 4.01. The van der Waals surface area contributed by atoms with Gasteiger partial charge in [-0.15, -0.1) is 0 Å². The van der Waals surface area contributed by atoms with E-state index in [1.54, 1.807) is 12.1 Å². The number of nitrogens with two attached hydrogens (primary N) is 1. The molecule has 6 heteroatoms. The first kappa shape index (κ1) is 17.0. The van der Waals surface area contributed by atoms with E-state index in [0.29, 0.717) is 26.1 Å². The molecule has 0 bridgehead atoms. The van der Waals surface area contributed by atoms with E-state index >= 15 is 0 Å². The van der Waals surface area contributed by atoms with Crippen LogP contribution in [0.5, 0.6) is 0 Å². The summed E-state index contributed by atoms with van der Waals surface area (Å²) in [4.78, 5) is 23.7. The molecule has 23 heavy (non-hydrogen) atoms. The third kappa shape index (κ3) is 4.54. The van der Waals surface area contributed by atoms with E-state index < -0.39 is 17.4 Å². The fourth-order valence-corrected chi connectivity index (χ4v) is 2.60. The number of carbonyl (C=O) groups is 2. The summed E-state index contributed by atoms with van der Waals surface area (Å²) < 4.78 is 5.22. The van der Waals surface area contributed by atoms with Gasteiger partial charge < -0.3 is 15.8 Å². The number of rotatable bonds is 6. The Hall–Kier alpha value is -2.39. The van der Waals surface area contributed by atoms with Gasteiger partial charge in [-0.05, 0) is 12.0 Å². The number of primary amides is 1. The maximum absolute atomic E-state index is 12.1. The lowest BCUT2D eigenvalue weighted by Crippen LogP contribution is -2.51. The van der Waals surface area contributed by atoms with Crippen molar-refractivity contribution in [3.8, 4) is 6.07 Å². The summed E-state index contributed by atoms with van der Waals surface area (Å²) in [5.41, 5.74) is 5.31. The smallest absolute Gasteiger partial charge is 0.225 e. The molecule has 1 aliphatic heterocycles. The Labute approximate surface area is 135 Å². The summed E-state index contributed by atoms with van der Waals surface area (Å²) in [6.45, 7) is 0.892. The number of hydrogen-bond donors (Lipinski definition) is 2. The number of nitrogens with zero attached hydrogens (tertiary/aromatic N) is 1. The third-order valence-corrected chi connectivity index (χ3v) is 4.01. The minimum atomic E-state index is -0.888. The Morgan fingerprint density at radius 2 is 2.00 bits per heavy atom. The van der Waals surface area contributed by atoms with Gasteiger partial charge in [0.1, 0.15) is 5.54 Å². The van der Waals surface area contributed by atoms with Crippen LogP contribution >= 0.6 is 0 Å². The fourth-order valence-electron chi connectivity index (χ4n) is 2.60. The first-order valence-electron chi connectivity index (χ1n) is 7.55. The van der Waals surface area contributed by atoms with Gasteiger partial charge in [0.05, 0.1) is 18.4 Å². The molecule has 3 N–H and O–H groups in total. The number of ether oxygens (including phenoxy) is 1. The zero-order chi connectivity index (χ0) is 16.7. The topological polar surface area (TPSA) is 105 Å². The lowest BCUT2D eigenvalue weighted by molar-refractivity contribution is -0.120. The highest BCUT2D eigenvalue weighted by molar-refractivity contribution is 5.88. The summed E-state index contributed by atoms with van der Waals surface area (Å²) in [6, 6.07) is 11.3. The van der Waals surface area contributed by atoms with Gasteiger partial charge >= 0.3 is 0 Å². The van der Waals surface area contributed by atoms with E-state index in [1.165, 1.54) is 6.42 Å². The van der Waals surface area contributed by atoms with Gasteiger partial charge in [-0.2, -0.15) is 5.26 Å². The molecule has 1 saturated heterocycles. The van der Waals surface area contributed by atoms with Crippen LogP contribution in [0.3, 0.4) is 0 Å². The number of carbonyl (C=O) groups excluding carboxylic acids is 2. The Balaban J connectivity index is 1.94. The lowest BCUT2D eigenvalue weighted by Gasteiger charge is -2.31. The normalized spacial score (nSPS) is 17.7. The average Bonchev–Trinajstić information content (AvgIpc) is 2.56. The molecule has 0 saturated carbocycles. The molecule has 1 aliphatic rings. The van der Waals surface area contributed by atoms with Crippen LogP contribution in [0, 0.1) is 17.8 Å². The van der Waals surface area contributed by atoms with Crippen LogP contribution < -0.4 is 11.1 Å². The van der Waals surface area contributed by atoms with Crippen molar-refractivity contribution in [1.82, 2.24) is 5.32 Å². The van der Waals surface area contributed by atoms with Crippen molar-refractivity contribution in [2.24, 2.45) is 5.73 Å². The highest BCUT2D eigenvalue weighted by Gasteiger charge is 2.34. The summed E-state index contributed by atoms with van der Waals surface area (Å²) in [6.07, 6.45) is 2.50. The molecular formula is C17H20N3O3. The molecular weight excluding hydrogens is 294 g/mol. The summed E-state index contributed by atoms with van der Waals surface area (Å²) in [5.74, 6) is -1.41. The van der Waals surface area contributed by atoms with Crippen LogP contribution in [0.25, 0.3) is 0 Å². The molecule has 0 aliphatic carbocycles. The van der Waals surface area contributed by atoms with Gasteiger partial charge in [-0.3, -0.25) is 9.59 Å². The van der Waals surface area contributed by atoms with Crippen molar-refractivity contribution in [2.75, 3.05) is 13.2 Å². The monoisotopic (exact) mass is 314 g/mol. The number of amides is 2. The van der Waals surface area contributed by atoms with Crippen molar-refractivity contribution < 1.29 is 14.3 Å². The molecule has 0 spiro atoms. The molecule has 2 amide bonds. The predicted molar refractivity (Wildman–Crippen MR) is 83.8 cm³/mol. The number of nitriles is 1. The Kier molecular flexibility index (Phi) is 5.72. The largest absolute Gasteiger partial charge is 0.381 e. The summed E-state index contributed by atoms with van der Waals surface area (Å²) in [7, 11) is 0. The Morgan fingerprint density at radius 1 is 1.35 bits per heavy atom. The van der Waals surface area contributed by atoms with Crippen LogP contribution in [0.1, 0.15) is 30.7 Å². The van der Waals surface area contributed by atoms with Crippen molar-refractivity contribution in [3.05, 3.63) is 42.3 Å². The van der Waals surface area contributed by atoms with Crippen molar-refractivity contribution in [2.45, 2.75) is 30.7 Å². The second-order valence-corrected chi connectivity index (χ2v) is 5.60. The van der Waals surface area contributed by atoms with Crippen molar-refractivity contribution in [3.63, 3.8) is 0 Å². The van der Waals surface area contributed by atoms with E-state index in [2.05, 4.69) is 11.4 Å². The molecule has 6 nitrogen and oxygen atoms in total. The molecule has 1 radical (unpaired) electrons. The van der Waals surface area contributed by atoms with Gasteiger partial charge in [0, 0.05) is 26.1 Å². The Morgan fingerprint density at radius 3 is 2.57 bits per heavy atom. The average molecular weight is 314 g/mol. The first-order chi connectivity index (χ1) is 11.1.